The Morgan fingerprint density at radius 3 is 2.35 bits per heavy atom. The highest BCUT2D eigenvalue weighted by Crippen LogP contribution is 2.43. The number of aliphatic hydroxyl groups is 1. The predicted molar refractivity (Wildman–Crippen MR) is 116 cm³/mol. The van der Waals surface area contributed by atoms with Gasteiger partial charge in [-0.05, 0) is 84.6 Å². The molecule has 2 amide bonds. The topological polar surface area (TPSA) is 109 Å². The molecule has 1 aromatic carbocycles. The van der Waals surface area contributed by atoms with Gasteiger partial charge in [0.1, 0.15) is 11.9 Å². The lowest BCUT2D eigenvalue weighted by atomic mass is 9.76. The smallest absolute Gasteiger partial charge is 0.333 e. The number of rotatable bonds is 3. The average Bonchev–Trinajstić information content (AvgIpc) is 3.38. The predicted octanol–water partition coefficient (Wildman–Crippen LogP) is 3.77. The van der Waals surface area contributed by atoms with Gasteiger partial charge in [-0.1, -0.05) is 19.9 Å². The van der Waals surface area contributed by atoms with E-state index in [0.29, 0.717) is 18.4 Å². The van der Waals surface area contributed by atoms with Crippen molar-refractivity contribution in [1.29, 1.82) is 0 Å². The molecule has 2 aromatic rings. The number of nitrogens with one attached hydrogen (secondary N) is 2. The molecule has 166 valence electrons. The van der Waals surface area contributed by atoms with Crippen molar-refractivity contribution < 1.29 is 22.7 Å². The summed E-state index contributed by atoms with van der Waals surface area (Å²) in [7, 11) is -4.20. The van der Waals surface area contributed by atoms with Crippen molar-refractivity contribution in [2.24, 2.45) is 5.41 Å². The quantitative estimate of drug-likeness (QED) is 0.668. The first kappa shape index (κ1) is 20.6. The number of aryl methyl sites for hydroxylation is 2. The number of carbonyl (C=O) groups is 1. The van der Waals surface area contributed by atoms with Crippen LogP contribution in [0.3, 0.4) is 0 Å². The van der Waals surface area contributed by atoms with E-state index in [1.807, 2.05) is 13.8 Å². The third-order valence-corrected chi connectivity index (χ3v) is 7.93. The molecule has 0 saturated carbocycles. The normalized spacial score (nSPS) is 21.3. The summed E-state index contributed by atoms with van der Waals surface area (Å²) in [6.45, 7) is 4.03. The van der Waals surface area contributed by atoms with Gasteiger partial charge in [-0.2, -0.15) is 8.42 Å². The van der Waals surface area contributed by atoms with Gasteiger partial charge in [0.25, 0.3) is 10.0 Å². The van der Waals surface area contributed by atoms with Crippen molar-refractivity contribution >= 4 is 21.7 Å². The van der Waals surface area contributed by atoms with E-state index in [1.165, 1.54) is 17.2 Å². The fraction of sp³-hybridized carbons (Fsp3) is 0.522. The second-order valence-corrected chi connectivity index (χ2v) is 11.4. The maximum Gasteiger partial charge on any atom is 0.333 e. The molecule has 0 radical (unpaired) electrons. The number of hydrogen-bond acceptors (Lipinski definition) is 5. The van der Waals surface area contributed by atoms with Crippen molar-refractivity contribution in [2.75, 3.05) is 5.32 Å². The Morgan fingerprint density at radius 2 is 1.71 bits per heavy atom. The minimum atomic E-state index is -4.20. The van der Waals surface area contributed by atoms with Crippen molar-refractivity contribution in [1.82, 2.24) is 4.72 Å². The van der Waals surface area contributed by atoms with Crippen molar-refractivity contribution in [3.05, 3.63) is 45.7 Å². The number of aliphatic hydroxyl groups excluding tert-OH is 1. The highest BCUT2D eigenvalue weighted by atomic mass is 32.2. The summed E-state index contributed by atoms with van der Waals surface area (Å²) < 4.78 is 33.3. The van der Waals surface area contributed by atoms with Gasteiger partial charge in [-0.3, -0.25) is 0 Å². The molecule has 0 saturated heterocycles. The van der Waals surface area contributed by atoms with E-state index in [4.69, 9.17) is 4.42 Å². The fourth-order valence-corrected chi connectivity index (χ4v) is 6.34. The number of furan rings is 1. The average molecular weight is 445 g/mol. The first-order valence-corrected chi connectivity index (χ1v) is 12.4. The van der Waals surface area contributed by atoms with Gasteiger partial charge in [0, 0.05) is 11.8 Å². The fourth-order valence-electron chi connectivity index (χ4n) is 5.45. The standard InChI is InChI=1S/C23H28N2O5S/c1-23(2)11-15-10-19(30-21(15)18(26)12-23)31(28,29)25-22(27)24-20-16-7-3-5-13(16)9-14-6-4-8-17(14)20/h9-10,18,26H,3-8,11-12H2,1-2H3,(H2,24,25,27). The number of carbonyl (C=O) groups excluding carboxylic acids is 1. The van der Waals surface area contributed by atoms with Gasteiger partial charge in [-0.15, -0.1) is 0 Å². The first-order chi connectivity index (χ1) is 14.6. The molecule has 0 aliphatic heterocycles. The van der Waals surface area contributed by atoms with E-state index in [-0.39, 0.29) is 16.3 Å². The number of hydrogen-bond donors (Lipinski definition) is 3. The van der Waals surface area contributed by atoms with Crippen molar-refractivity contribution in [2.45, 2.75) is 76.4 Å². The maximum atomic E-state index is 12.8. The number of anilines is 1. The Hall–Kier alpha value is -2.32. The lowest BCUT2D eigenvalue weighted by Gasteiger charge is -2.31. The molecule has 0 fully saturated rings. The molecule has 3 aliphatic carbocycles. The molecule has 5 rings (SSSR count). The van der Waals surface area contributed by atoms with Gasteiger partial charge in [0.05, 0.1) is 0 Å². The van der Waals surface area contributed by atoms with Gasteiger partial charge >= 0.3 is 6.03 Å². The maximum absolute atomic E-state index is 12.8. The number of fused-ring (bicyclic) bond motifs is 3. The van der Waals surface area contributed by atoms with Crippen LogP contribution in [0.25, 0.3) is 0 Å². The van der Waals surface area contributed by atoms with Crippen LogP contribution >= 0.6 is 0 Å². The van der Waals surface area contributed by atoms with Crippen LogP contribution in [0.1, 0.15) is 72.8 Å². The SMILES string of the molecule is CC1(C)Cc2cc(S(=O)(=O)NC(=O)Nc3c4c(cc5c3CCC5)CCC4)oc2C(O)C1. The van der Waals surface area contributed by atoms with Crippen LogP contribution in [-0.2, 0) is 42.1 Å². The number of urea groups is 1. The zero-order valence-electron chi connectivity index (χ0n) is 17.9. The third kappa shape index (κ3) is 3.65. The lowest BCUT2D eigenvalue weighted by molar-refractivity contribution is 0.0752. The molecule has 0 spiro atoms. The Labute approximate surface area is 182 Å². The zero-order valence-corrected chi connectivity index (χ0v) is 18.7. The number of sulfonamides is 1. The Balaban J connectivity index is 1.39. The Kier molecular flexibility index (Phi) is 4.71. The number of benzene rings is 1. The van der Waals surface area contributed by atoms with Crippen LogP contribution in [0, 0.1) is 5.41 Å². The molecule has 1 unspecified atom stereocenters. The summed E-state index contributed by atoms with van der Waals surface area (Å²) in [6, 6.07) is 2.89. The van der Waals surface area contributed by atoms with Crippen LogP contribution in [0.4, 0.5) is 10.5 Å². The largest absolute Gasteiger partial charge is 0.445 e. The summed E-state index contributed by atoms with van der Waals surface area (Å²) >= 11 is 0. The minimum absolute atomic E-state index is 0.157. The zero-order chi connectivity index (χ0) is 22.0. The summed E-state index contributed by atoms with van der Waals surface area (Å²) in [6.07, 6.45) is 6.10. The van der Waals surface area contributed by atoms with Gasteiger partial charge in [-0.25, -0.2) is 9.52 Å². The Morgan fingerprint density at radius 1 is 1.06 bits per heavy atom. The van der Waals surface area contributed by atoms with E-state index < -0.39 is 22.2 Å². The molecule has 1 atom stereocenters. The van der Waals surface area contributed by atoms with E-state index in [9.17, 15) is 18.3 Å². The van der Waals surface area contributed by atoms with E-state index in [1.54, 1.807) is 0 Å². The second-order valence-electron chi connectivity index (χ2n) is 9.81. The molecule has 0 bridgehead atoms. The van der Waals surface area contributed by atoms with Crippen LogP contribution in [0.15, 0.2) is 21.6 Å². The lowest BCUT2D eigenvalue weighted by Crippen LogP contribution is -2.34. The highest BCUT2D eigenvalue weighted by Gasteiger charge is 2.36. The van der Waals surface area contributed by atoms with Crippen molar-refractivity contribution in [3.63, 3.8) is 0 Å². The van der Waals surface area contributed by atoms with Crippen molar-refractivity contribution in [3.8, 4) is 0 Å². The Bertz CT molecular complexity index is 1150. The molecular weight excluding hydrogens is 416 g/mol. The van der Waals surface area contributed by atoms with Crippen LogP contribution in [0.2, 0.25) is 0 Å². The molecule has 3 aliphatic rings. The first-order valence-electron chi connectivity index (χ1n) is 10.9. The third-order valence-electron chi connectivity index (χ3n) is 6.74. The minimum Gasteiger partial charge on any atom is -0.445 e. The summed E-state index contributed by atoms with van der Waals surface area (Å²) in [5, 5.41) is 12.8. The molecular formula is C23H28N2O5S. The van der Waals surface area contributed by atoms with Gasteiger partial charge < -0.3 is 14.8 Å². The van der Waals surface area contributed by atoms with Gasteiger partial charge in [0.15, 0.2) is 0 Å². The van der Waals surface area contributed by atoms with Crippen LogP contribution in [-0.4, -0.2) is 19.6 Å². The van der Waals surface area contributed by atoms with E-state index in [0.717, 1.165) is 55.3 Å². The molecule has 7 nitrogen and oxygen atoms in total. The molecule has 8 heteroatoms. The van der Waals surface area contributed by atoms with E-state index >= 15 is 0 Å². The summed E-state index contributed by atoms with van der Waals surface area (Å²) in [4.78, 5) is 12.7. The molecule has 1 heterocycles. The molecule has 31 heavy (non-hydrogen) atoms. The monoisotopic (exact) mass is 444 g/mol. The molecule has 1 aromatic heterocycles. The van der Waals surface area contributed by atoms with Gasteiger partial charge in [0.2, 0.25) is 5.09 Å². The number of amides is 2. The molecule has 3 N–H and O–H groups in total. The van der Waals surface area contributed by atoms with Crippen LogP contribution in [0.5, 0.6) is 0 Å². The van der Waals surface area contributed by atoms with E-state index in [2.05, 4.69) is 16.1 Å². The van der Waals surface area contributed by atoms with Crippen LogP contribution < -0.4 is 10.0 Å². The second kappa shape index (κ2) is 7.10. The summed E-state index contributed by atoms with van der Waals surface area (Å²) in [5.41, 5.74) is 6.08. The summed E-state index contributed by atoms with van der Waals surface area (Å²) in [5.74, 6) is 0.277. The highest BCUT2D eigenvalue weighted by molar-refractivity contribution is 7.89.